The first kappa shape index (κ1) is 23.0. The number of fused-ring (bicyclic) bond motifs is 1. The quantitative estimate of drug-likeness (QED) is 0.513. The lowest BCUT2D eigenvalue weighted by atomic mass is 9.95. The number of likely N-dealkylation sites (tertiary alicyclic amines) is 1. The zero-order chi connectivity index (χ0) is 23.2. The molecule has 1 saturated carbocycles. The molecule has 3 heterocycles. The van der Waals surface area contributed by atoms with Crippen molar-refractivity contribution >= 4 is 17.1 Å². The smallest absolute Gasteiger partial charge is 0.220 e. The van der Waals surface area contributed by atoms with Gasteiger partial charge in [-0.1, -0.05) is 49.6 Å². The van der Waals surface area contributed by atoms with Crippen molar-refractivity contribution in [2.75, 3.05) is 13.1 Å². The minimum Gasteiger partial charge on any atom is -0.353 e. The number of aromatic nitrogens is 3. The molecular formula is C28H37N5O. The molecule has 1 aliphatic heterocycles. The first-order valence-corrected chi connectivity index (χ1v) is 13.1. The molecule has 6 nitrogen and oxygen atoms in total. The van der Waals surface area contributed by atoms with Gasteiger partial charge in [0.15, 0.2) is 5.65 Å². The van der Waals surface area contributed by atoms with Gasteiger partial charge in [-0.15, -0.1) is 0 Å². The molecular weight excluding hydrogens is 422 g/mol. The number of nitrogens with zero attached hydrogens (tertiary/aromatic N) is 4. The maximum absolute atomic E-state index is 12.5. The maximum atomic E-state index is 12.5. The summed E-state index contributed by atoms with van der Waals surface area (Å²) in [5.74, 6) is 1.28. The Kier molecular flexibility index (Phi) is 7.54. The lowest BCUT2D eigenvalue weighted by Gasteiger charge is -2.33. The molecule has 3 aromatic rings. The standard InChI is InChI=1S/C28H37N5O/c34-27(30-23-11-5-2-6-12-23)15-7-14-26-31-25-13-8-18-29-28(25)33(26)24-16-19-32(20-17-24)21-22-9-3-1-4-10-22/h1,3-4,8-10,13,18,23-24H,2,5-7,11-12,14-17,19-21H2,(H,30,34). The number of aryl methyl sites for hydroxylation is 1. The maximum Gasteiger partial charge on any atom is 0.220 e. The van der Waals surface area contributed by atoms with Gasteiger partial charge in [-0.2, -0.15) is 0 Å². The summed E-state index contributed by atoms with van der Waals surface area (Å²) in [5, 5.41) is 3.25. The lowest BCUT2D eigenvalue weighted by molar-refractivity contribution is -0.122. The van der Waals surface area contributed by atoms with E-state index in [0.717, 1.165) is 75.1 Å². The van der Waals surface area contributed by atoms with Gasteiger partial charge in [0, 0.05) is 50.8 Å². The summed E-state index contributed by atoms with van der Waals surface area (Å²) in [6, 6.07) is 15.6. The first-order chi connectivity index (χ1) is 16.8. The third-order valence-corrected chi connectivity index (χ3v) is 7.47. The van der Waals surface area contributed by atoms with E-state index in [0.29, 0.717) is 18.5 Å². The number of piperidine rings is 1. The minimum atomic E-state index is 0.196. The molecule has 0 bridgehead atoms. The number of carbonyl (C=O) groups is 1. The van der Waals surface area contributed by atoms with E-state index in [-0.39, 0.29) is 5.91 Å². The minimum absolute atomic E-state index is 0.196. The van der Waals surface area contributed by atoms with Gasteiger partial charge >= 0.3 is 0 Å². The van der Waals surface area contributed by atoms with E-state index in [2.05, 4.69) is 51.2 Å². The van der Waals surface area contributed by atoms with Crippen LogP contribution in [0.5, 0.6) is 0 Å². The van der Waals surface area contributed by atoms with Crippen LogP contribution < -0.4 is 5.32 Å². The van der Waals surface area contributed by atoms with E-state index in [9.17, 15) is 4.79 Å². The van der Waals surface area contributed by atoms with Gasteiger partial charge < -0.3 is 9.88 Å². The largest absolute Gasteiger partial charge is 0.353 e. The Bertz CT molecular complexity index is 1060. The van der Waals surface area contributed by atoms with Crippen molar-refractivity contribution in [2.24, 2.45) is 0 Å². The van der Waals surface area contributed by atoms with Crippen LogP contribution in [-0.2, 0) is 17.8 Å². The number of amides is 1. The molecule has 0 radical (unpaired) electrons. The highest BCUT2D eigenvalue weighted by molar-refractivity contribution is 5.76. The van der Waals surface area contributed by atoms with Gasteiger partial charge in [0.25, 0.3) is 0 Å². The summed E-state index contributed by atoms with van der Waals surface area (Å²) < 4.78 is 2.38. The zero-order valence-electron chi connectivity index (χ0n) is 20.2. The summed E-state index contributed by atoms with van der Waals surface area (Å²) >= 11 is 0. The Hall–Kier alpha value is -2.73. The van der Waals surface area contributed by atoms with E-state index < -0.39 is 0 Å². The fourth-order valence-electron chi connectivity index (χ4n) is 5.67. The second-order valence-electron chi connectivity index (χ2n) is 9.99. The molecule has 34 heavy (non-hydrogen) atoms. The summed E-state index contributed by atoms with van der Waals surface area (Å²) in [4.78, 5) is 24.7. The number of imidazole rings is 1. The van der Waals surface area contributed by atoms with Crippen molar-refractivity contribution in [3.05, 3.63) is 60.0 Å². The van der Waals surface area contributed by atoms with Crippen LogP contribution in [0.1, 0.15) is 75.2 Å². The Labute approximate surface area is 202 Å². The molecule has 2 fully saturated rings. The third-order valence-electron chi connectivity index (χ3n) is 7.47. The van der Waals surface area contributed by atoms with Crippen molar-refractivity contribution < 1.29 is 4.79 Å². The Morgan fingerprint density at radius 3 is 2.56 bits per heavy atom. The van der Waals surface area contributed by atoms with E-state index in [1.807, 2.05) is 12.3 Å². The number of hydrogen-bond donors (Lipinski definition) is 1. The highest BCUT2D eigenvalue weighted by Crippen LogP contribution is 2.29. The van der Waals surface area contributed by atoms with Crippen molar-refractivity contribution in [1.29, 1.82) is 0 Å². The van der Waals surface area contributed by atoms with Crippen LogP contribution >= 0.6 is 0 Å². The van der Waals surface area contributed by atoms with Gasteiger partial charge in [0.05, 0.1) is 0 Å². The predicted molar refractivity (Wildman–Crippen MR) is 135 cm³/mol. The molecule has 2 aliphatic rings. The monoisotopic (exact) mass is 459 g/mol. The summed E-state index contributed by atoms with van der Waals surface area (Å²) in [7, 11) is 0. The summed E-state index contributed by atoms with van der Waals surface area (Å²) in [6.07, 6.45) is 12.4. The molecule has 5 rings (SSSR count). The van der Waals surface area contributed by atoms with Crippen LogP contribution in [0, 0.1) is 0 Å². The van der Waals surface area contributed by atoms with Crippen molar-refractivity contribution in [1.82, 2.24) is 24.8 Å². The zero-order valence-corrected chi connectivity index (χ0v) is 20.2. The summed E-state index contributed by atoms with van der Waals surface area (Å²) in [5.41, 5.74) is 3.34. The molecule has 1 aromatic carbocycles. The van der Waals surface area contributed by atoms with Crippen LogP contribution in [0.4, 0.5) is 0 Å². The van der Waals surface area contributed by atoms with Gasteiger partial charge in [0.1, 0.15) is 11.3 Å². The Morgan fingerprint density at radius 1 is 0.971 bits per heavy atom. The van der Waals surface area contributed by atoms with Crippen molar-refractivity contribution in [3.8, 4) is 0 Å². The van der Waals surface area contributed by atoms with E-state index >= 15 is 0 Å². The lowest BCUT2D eigenvalue weighted by Crippen LogP contribution is -2.36. The van der Waals surface area contributed by atoms with E-state index in [1.54, 1.807) is 0 Å². The highest BCUT2D eigenvalue weighted by atomic mass is 16.1. The van der Waals surface area contributed by atoms with Gasteiger partial charge in [-0.05, 0) is 49.8 Å². The van der Waals surface area contributed by atoms with Crippen LogP contribution in [-0.4, -0.2) is 44.5 Å². The molecule has 0 unspecified atom stereocenters. The Morgan fingerprint density at radius 2 is 1.76 bits per heavy atom. The molecule has 1 aliphatic carbocycles. The van der Waals surface area contributed by atoms with Crippen LogP contribution in [0.15, 0.2) is 48.7 Å². The molecule has 1 saturated heterocycles. The second kappa shape index (κ2) is 11.1. The van der Waals surface area contributed by atoms with Crippen molar-refractivity contribution in [2.45, 2.75) is 82.8 Å². The van der Waals surface area contributed by atoms with Crippen LogP contribution in [0.25, 0.3) is 11.2 Å². The fourth-order valence-corrected chi connectivity index (χ4v) is 5.67. The molecule has 0 spiro atoms. The number of benzene rings is 1. The number of rotatable bonds is 8. The SMILES string of the molecule is O=C(CCCc1nc2cccnc2n1C1CCN(Cc2ccccc2)CC1)NC1CCCCC1. The second-order valence-corrected chi connectivity index (χ2v) is 9.99. The molecule has 1 N–H and O–H groups in total. The van der Waals surface area contributed by atoms with Crippen LogP contribution in [0.3, 0.4) is 0 Å². The molecule has 6 heteroatoms. The first-order valence-electron chi connectivity index (χ1n) is 13.1. The van der Waals surface area contributed by atoms with Gasteiger partial charge in [-0.25, -0.2) is 9.97 Å². The number of carbonyl (C=O) groups excluding carboxylic acids is 1. The molecule has 180 valence electrons. The van der Waals surface area contributed by atoms with Crippen LogP contribution in [0.2, 0.25) is 0 Å². The Balaban J connectivity index is 1.20. The molecule has 2 aromatic heterocycles. The average Bonchev–Trinajstić information content (AvgIpc) is 3.24. The fraction of sp³-hybridized carbons (Fsp3) is 0.536. The number of nitrogens with one attached hydrogen (secondary N) is 1. The topological polar surface area (TPSA) is 63.1 Å². The van der Waals surface area contributed by atoms with Gasteiger partial charge in [-0.3, -0.25) is 9.69 Å². The average molecular weight is 460 g/mol. The number of pyridine rings is 1. The number of hydrogen-bond acceptors (Lipinski definition) is 4. The predicted octanol–water partition coefficient (Wildman–Crippen LogP) is 5.04. The molecule has 0 atom stereocenters. The normalized spacial score (nSPS) is 18.4. The van der Waals surface area contributed by atoms with E-state index in [1.165, 1.54) is 24.8 Å². The summed E-state index contributed by atoms with van der Waals surface area (Å²) in [6.45, 7) is 3.17. The highest BCUT2D eigenvalue weighted by Gasteiger charge is 2.25. The van der Waals surface area contributed by atoms with E-state index in [4.69, 9.17) is 9.97 Å². The third kappa shape index (κ3) is 5.66. The van der Waals surface area contributed by atoms with Crippen molar-refractivity contribution in [3.63, 3.8) is 0 Å². The van der Waals surface area contributed by atoms with Gasteiger partial charge in [0.2, 0.25) is 5.91 Å². The molecule has 1 amide bonds.